The third kappa shape index (κ3) is 9.52. The number of amides is 2. The van der Waals surface area contributed by atoms with Crippen LogP contribution < -0.4 is 39.1 Å². The van der Waals surface area contributed by atoms with Crippen LogP contribution in [0.25, 0.3) is 12.2 Å². The Balaban J connectivity index is 1.60. The standard InChI is InChI=1S/C34H39N3O8/c1-22(14-15-24-20-28(42-4)33(45-7)29(21-24)43-5)17-31(39)36-25-12-10-16-35-34(25)37-30(38)13-9-8-11-23-18-26(40-2)32(44-6)27(19-23)41-3/h8-16,18-22H,17H2,1-7H3,(H,36,39)(H,35,37,38)/b11-8+,13-9+,15-14+. The Morgan fingerprint density at radius 2 is 1.29 bits per heavy atom. The van der Waals surface area contributed by atoms with Crippen molar-refractivity contribution in [3.05, 3.63) is 78.0 Å². The highest BCUT2D eigenvalue weighted by Gasteiger charge is 2.15. The highest BCUT2D eigenvalue weighted by Crippen LogP contribution is 2.39. The van der Waals surface area contributed by atoms with E-state index in [0.29, 0.717) is 40.2 Å². The number of hydrogen-bond acceptors (Lipinski definition) is 9. The molecule has 0 saturated heterocycles. The number of nitrogens with one attached hydrogen (secondary N) is 2. The zero-order valence-electron chi connectivity index (χ0n) is 26.5. The van der Waals surface area contributed by atoms with Crippen LogP contribution in [0.15, 0.2) is 66.9 Å². The normalized spacial score (nSPS) is 11.8. The van der Waals surface area contributed by atoms with Gasteiger partial charge in [-0.1, -0.05) is 37.3 Å². The van der Waals surface area contributed by atoms with E-state index in [1.807, 2.05) is 31.2 Å². The molecule has 1 aromatic heterocycles. The second-order valence-corrected chi connectivity index (χ2v) is 9.61. The summed E-state index contributed by atoms with van der Waals surface area (Å²) < 4.78 is 32.3. The third-order valence-electron chi connectivity index (χ3n) is 6.47. The number of anilines is 2. The molecule has 238 valence electrons. The van der Waals surface area contributed by atoms with Crippen LogP contribution in [0.1, 0.15) is 24.5 Å². The van der Waals surface area contributed by atoms with Gasteiger partial charge in [-0.2, -0.15) is 0 Å². The van der Waals surface area contributed by atoms with Crippen molar-refractivity contribution in [2.24, 2.45) is 5.92 Å². The minimum atomic E-state index is -0.416. The Bertz CT molecular complexity index is 1510. The molecule has 0 saturated carbocycles. The number of carbonyl (C=O) groups is 2. The van der Waals surface area contributed by atoms with Gasteiger partial charge in [-0.3, -0.25) is 9.59 Å². The Morgan fingerprint density at radius 1 is 0.756 bits per heavy atom. The first-order valence-corrected chi connectivity index (χ1v) is 14.0. The van der Waals surface area contributed by atoms with E-state index in [9.17, 15) is 9.59 Å². The van der Waals surface area contributed by atoms with Crippen LogP contribution in [0, 0.1) is 5.92 Å². The molecule has 1 unspecified atom stereocenters. The second-order valence-electron chi connectivity index (χ2n) is 9.61. The molecular weight excluding hydrogens is 578 g/mol. The first kappa shape index (κ1) is 34.0. The van der Waals surface area contributed by atoms with E-state index >= 15 is 0 Å². The maximum Gasteiger partial charge on any atom is 0.249 e. The van der Waals surface area contributed by atoms with E-state index in [1.165, 1.54) is 19.4 Å². The fraction of sp³-hybridized carbons (Fsp3) is 0.265. The Kier molecular flexibility index (Phi) is 12.9. The van der Waals surface area contributed by atoms with Crippen LogP contribution >= 0.6 is 0 Å². The fourth-order valence-electron chi connectivity index (χ4n) is 4.31. The SMILES string of the molecule is COc1cc(/C=C/C=C/C(=O)Nc2ncccc2NC(=O)CC(C)/C=C/c2cc(OC)c(OC)c(OC)c2)cc(OC)c1OC. The van der Waals surface area contributed by atoms with Crippen LogP contribution in [0.2, 0.25) is 0 Å². The first-order chi connectivity index (χ1) is 21.8. The van der Waals surface area contributed by atoms with Gasteiger partial charge in [-0.25, -0.2) is 4.98 Å². The van der Waals surface area contributed by atoms with E-state index in [4.69, 9.17) is 28.4 Å². The zero-order valence-corrected chi connectivity index (χ0v) is 26.5. The van der Waals surface area contributed by atoms with E-state index in [1.54, 1.807) is 78.0 Å². The van der Waals surface area contributed by atoms with Crippen molar-refractivity contribution in [3.8, 4) is 34.5 Å². The molecule has 0 spiro atoms. The number of carbonyl (C=O) groups excluding carboxylic acids is 2. The highest BCUT2D eigenvalue weighted by molar-refractivity contribution is 6.03. The smallest absolute Gasteiger partial charge is 0.249 e. The van der Waals surface area contributed by atoms with E-state index < -0.39 is 5.91 Å². The molecule has 0 aliphatic rings. The van der Waals surface area contributed by atoms with Crippen LogP contribution in [0.5, 0.6) is 34.5 Å². The van der Waals surface area contributed by atoms with Gasteiger partial charge in [0.25, 0.3) is 0 Å². The summed E-state index contributed by atoms with van der Waals surface area (Å²) in [5, 5.41) is 5.54. The molecule has 2 amide bonds. The average Bonchev–Trinajstić information content (AvgIpc) is 3.05. The van der Waals surface area contributed by atoms with Gasteiger partial charge in [0.1, 0.15) is 0 Å². The van der Waals surface area contributed by atoms with Crippen LogP contribution in [-0.2, 0) is 9.59 Å². The topological polar surface area (TPSA) is 126 Å². The predicted octanol–water partition coefficient (Wildman–Crippen LogP) is 6.02. The molecular formula is C34H39N3O8. The number of methoxy groups -OCH3 is 6. The number of rotatable bonds is 15. The lowest BCUT2D eigenvalue weighted by Gasteiger charge is -2.13. The Hall–Kier alpha value is -5.45. The minimum Gasteiger partial charge on any atom is -0.493 e. The lowest BCUT2D eigenvalue weighted by molar-refractivity contribution is -0.116. The monoisotopic (exact) mass is 617 g/mol. The van der Waals surface area contributed by atoms with Gasteiger partial charge in [0.2, 0.25) is 23.3 Å². The van der Waals surface area contributed by atoms with Gasteiger partial charge in [0.05, 0.1) is 48.3 Å². The molecule has 0 aliphatic heterocycles. The van der Waals surface area contributed by atoms with Gasteiger partial charge in [0, 0.05) is 18.7 Å². The average molecular weight is 618 g/mol. The second kappa shape index (κ2) is 17.0. The van der Waals surface area contributed by atoms with Gasteiger partial charge in [-0.05, 0) is 53.4 Å². The molecule has 11 nitrogen and oxygen atoms in total. The maximum absolute atomic E-state index is 12.8. The van der Waals surface area contributed by atoms with Crippen molar-refractivity contribution < 1.29 is 38.0 Å². The summed E-state index contributed by atoms with van der Waals surface area (Å²) in [6.45, 7) is 1.93. The number of aromatic nitrogens is 1. The molecule has 3 rings (SSSR count). The molecule has 0 aliphatic carbocycles. The molecule has 2 aromatic carbocycles. The van der Waals surface area contributed by atoms with Crippen molar-refractivity contribution >= 4 is 35.5 Å². The Labute approximate surface area is 263 Å². The summed E-state index contributed by atoms with van der Waals surface area (Å²) in [6, 6.07) is 10.6. The largest absolute Gasteiger partial charge is 0.493 e. The number of ether oxygens (including phenoxy) is 6. The van der Waals surface area contributed by atoms with E-state index in [-0.39, 0.29) is 24.1 Å². The number of nitrogens with zero attached hydrogens (tertiary/aromatic N) is 1. The van der Waals surface area contributed by atoms with Crippen molar-refractivity contribution in [1.29, 1.82) is 0 Å². The molecule has 45 heavy (non-hydrogen) atoms. The summed E-state index contributed by atoms with van der Waals surface area (Å²) >= 11 is 0. The maximum atomic E-state index is 12.8. The summed E-state index contributed by atoms with van der Waals surface area (Å²) in [4.78, 5) is 29.7. The number of pyridine rings is 1. The molecule has 0 radical (unpaired) electrons. The molecule has 1 atom stereocenters. The summed E-state index contributed by atoms with van der Waals surface area (Å²) in [6.07, 6.45) is 12.0. The molecule has 2 N–H and O–H groups in total. The minimum absolute atomic E-state index is 0.0980. The molecule has 1 heterocycles. The van der Waals surface area contributed by atoms with Crippen molar-refractivity contribution in [2.75, 3.05) is 53.3 Å². The number of benzene rings is 2. The predicted molar refractivity (Wildman–Crippen MR) is 175 cm³/mol. The van der Waals surface area contributed by atoms with Crippen molar-refractivity contribution in [2.45, 2.75) is 13.3 Å². The number of hydrogen-bond donors (Lipinski definition) is 2. The number of allylic oxidation sites excluding steroid dienone is 3. The first-order valence-electron chi connectivity index (χ1n) is 14.0. The van der Waals surface area contributed by atoms with Crippen molar-refractivity contribution in [3.63, 3.8) is 0 Å². The van der Waals surface area contributed by atoms with Crippen LogP contribution in [-0.4, -0.2) is 59.5 Å². The van der Waals surface area contributed by atoms with Crippen molar-refractivity contribution in [1.82, 2.24) is 4.98 Å². The van der Waals surface area contributed by atoms with E-state index in [0.717, 1.165) is 11.1 Å². The Morgan fingerprint density at radius 3 is 1.80 bits per heavy atom. The van der Waals surface area contributed by atoms with Gasteiger partial charge in [0.15, 0.2) is 28.8 Å². The van der Waals surface area contributed by atoms with Crippen LogP contribution in [0.4, 0.5) is 11.5 Å². The lowest BCUT2D eigenvalue weighted by atomic mass is 10.0. The van der Waals surface area contributed by atoms with Gasteiger partial charge in [-0.15, -0.1) is 0 Å². The molecule has 0 fully saturated rings. The molecule has 3 aromatic rings. The lowest BCUT2D eigenvalue weighted by Crippen LogP contribution is -2.17. The zero-order chi connectivity index (χ0) is 32.8. The van der Waals surface area contributed by atoms with Gasteiger partial charge >= 0.3 is 0 Å². The van der Waals surface area contributed by atoms with E-state index in [2.05, 4.69) is 15.6 Å². The van der Waals surface area contributed by atoms with Crippen LogP contribution in [0.3, 0.4) is 0 Å². The summed E-state index contributed by atoms with van der Waals surface area (Å²) in [5.41, 5.74) is 2.01. The van der Waals surface area contributed by atoms with Gasteiger partial charge < -0.3 is 39.1 Å². The molecule has 11 heteroatoms. The third-order valence-corrected chi connectivity index (χ3v) is 6.47. The quantitative estimate of drug-likeness (QED) is 0.156. The fourth-order valence-corrected chi connectivity index (χ4v) is 4.31. The summed E-state index contributed by atoms with van der Waals surface area (Å²) in [7, 11) is 9.28. The molecule has 0 bridgehead atoms. The highest BCUT2D eigenvalue weighted by atomic mass is 16.5. The summed E-state index contributed by atoms with van der Waals surface area (Å²) in [5.74, 6) is 2.60.